The first kappa shape index (κ1) is 14.4. The fourth-order valence-electron chi connectivity index (χ4n) is 1.27. The summed E-state index contributed by atoms with van der Waals surface area (Å²) in [5.41, 5.74) is 5.22. The lowest BCUT2D eigenvalue weighted by molar-refractivity contribution is -0.140. The van der Waals surface area contributed by atoms with E-state index in [0.29, 0.717) is 0 Å². The standard InChI is InChI=1S/C10H13FN2O4S/c1-17-9(14)5-6-13-18(15,16)10-7(11)3-2-4-8(10)12/h2-4,13H,5-6,12H2,1H3. The van der Waals surface area contributed by atoms with Crippen LogP contribution in [-0.4, -0.2) is 28.0 Å². The van der Waals surface area contributed by atoms with Crippen LogP contribution in [0.5, 0.6) is 0 Å². The van der Waals surface area contributed by atoms with Gasteiger partial charge in [0.2, 0.25) is 10.0 Å². The maximum Gasteiger partial charge on any atom is 0.306 e. The van der Waals surface area contributed by atoms with Gasteiger partial charge in [-0.3, -0.25) is 4.79 Å². The van der Waals surface area contributed by atoms with E-state index in [9.17, 15) is 17.6 Å². The van der Waals surface area contributed by atoms with Crippen LogP contribution >= 0.6 is 0 Å². The number of carbonyl (C=O) groups is 1. The summed E-state index contributed by atoms with van der Waals surface area (Å²) in [4.78, 5) is 10.2. The molecule has 0 heterocycles. The summed E-state index contributed by atoms with van der Waals surface area (Å²) in [6.07, 6.45) is -0.149. The number of nitrogen functional groups attached to an aromatic ring is 1. The van der Waals surface area contributed by atoms with E-state index in [2.05, 4.69) is 9.46 Å². The van der Waals surface area contributed by atoms with Crippen LogP contribution in [0.15, 0.2) is 23.1 Å². The number of rotatable bonds is 5. The normalized spacial score (nSPS) is 11.2. The highest BCUT2D eigenvalue weighted by Crippen LogP contribution is 2.21. The molecule has 1 rings (SSSR count). The summed E-state index contributed by atoms with van der Waals surface area (Å²) in [5.74, 6) is -1.51. The summed E-state index contributed by atoms with van der Waals surface area (Å²) in [5, 5.41) is 0. The molecule has 3 N–H and O–H groups in total. The van der Waals surface area contributed by atoms with Gasteiger partial charge in [0.25, 0.3) is 0 Å². The second kappa shape index (κ2) is 5.78. The van der Waals surface area contributed by atoms with E-state index in [1.807, 2.05) is 0 Å². The predicted octanol–water partition coefficient (Wildman–Crippen LogP) is 0.249. The van der Waals surface area contributed by atoms with Crippen molar-refractivity contribution >= 4 is 21.7 Å². The Bertz CT molecular complexity index is 525. The Balaban J connectivity index is 2.84. The fourth-order valence-corrected chi connectivity index (χ4v) is 2.49. The molecule has 0 unspecified atom stereocenters. The molecule has 18 heavy (non-hydrogen) atoms. The number of esters is 1. The minimum absolute atomic E-state index is 0.149. The average Bonchev–Trinajstić information content (AvgIpc) is 2.27. The first-order valence-electron chi connectivity index (χ1n) is 4.99. The van der Waals surface area contributed by atoms with Gasteiger partial charge in [0.15, 0.2) is 0 Å². The molecule has 0 fully saturated rings. The van der Waals surface area contributed by atoms with Gasteiger partial charge in [-0.25, -0.2) is 17.5 Å². The van der Waals surface area contributed by atoms with Gasteiger partial charge < -0.3 is 10.5 Å². The van der Waals surface area contributed by atoms with Crippen molar-refractivity contribution in [3.63, 3.8) is 0 Å². The molecule has 0 aliphatic carbocycles. The number of halogens is 1. The van der Waals surface area contributed by atoms with Crippen LogP contribution < -0.4 is 10.5 Å². The van der Waals surface area contributed by atoms with Gasteiger partial charge in [-0.1, -0.05) is 6.07 Å². The minimum Gasteiger partial charge on any atom is -0.469 e. The van der Waals surface area contributed by atoms with Crippen LogP contribution in [0.4, 0.5) is 10.1 Å². The summed E-state index contributed by atoms with van der Waals surface area (Å²) >= 11 is 0. The zero-order chi connectivity index (χ0) is 13.8. The Morgan fingerprint density at radius 1 is 1.50 bits per heavy atom. The molecule has 1 aromatic carbocycles. The van der Waals surface area contributed by atoms with E-state index in [1.165, 1.54) is 19.2 Å². The van der Waals surface area contributed by atoms with Crippen molar-refractivity contribution in [3.05, 3.63) is 24.0 Å². The molecule has 0 radical (unpaired) electrons. The van der Waals surface area contributed by atoms with Crippen LogP contribution in [-0.2, 0) is 19.6 Å². The van der Waals surface area contributed by atoms with Gasteiger partial charge in [0, 0.05) is 6.54 Å². The van der Waals surface area contributed by atoms with Gasteiger partial charge in [0.05, 0.1) is 19.2 Å². The molecule has 0 aromatic heterocycles. The zero-order valence-electron chi connectivity index (χ0n) is 9.64. The Hall–Kier alpha value is -1.67. The van der Waals surface area contributed by atoms with Crippen LogP contribution in [0.25, 0.3) is 0 Å². The Morgan fingerprint density at radius 2 is 2.17 bits per heavy atom. The number of nitrogens with two attached hydrogens (primary N) is 1. The Morgan fingerprint density at radius 3 is 2.72 bits per heavy atom. The van der Waals surface area contributed by atoms with Gasteiger partial charge in [-0.05, 0) is 12.1 Å². The van der Waals surface area contributed by atoms with E-state index < -0.39 is 26.7 Å². The SMILES string of the molecule is COC(=O)CCNS(=O)(=O)c1c(N)cccc1F. The third kappa shape index (κ3) is 3.41. The average molecular weight is 276 g/mol. The van der Waals surface area contributed by atoms with E-state index in [1.54, 1.807) is 0 Å². The van der Waals surface area contributed by atoms with Gasteiger partial charge in [-0.2, -0.15) is 0 Å². The molecule has 0 saturated carbocycles. The van der Waals surface area contributed by atoms with Gasteiger partial charge in [-0.15, -0.1) is 0 Å². The number of hydrogen-bond donors (Lipinski definition) is 2. The van der Waals surface area contributed by atoms with Crippen molar-refractivity contribution in [2.24, 2.45) is 0 Å². The van der Waals surface area contributed by atoms with Crippen LogP contribution in [0.1, 0.15) is 6.42 Å². The molecule has 0 bridgehead atoms. The highest BCUT2D eigenvalue weighted by Gasteiger charge is 2.21. The Kier molecular flexibility index (Phi) is 4.62. The molecule has 0 amide bonds. The summed E-state index contributed by atoms with van der Waals surface area (Å²) in [7, 11) is -2.90. The molecule has 1 aromatic rings. The maximum absolute atomic E-state index is 13.4. The molecular formula is C10H13FN2O4S. The number of sulfonamides is 1. The lowest BCUT2D eigenvalue weighted by Gasteiger charge is -2.09. The molecule has 0 atom stereocenters. The number of carbonyl (C=O) groups excluding carboxylic acids is 1. The first-order valence-corrected chi connectivity index (χ1v) is 6.47. The molecule has 0 saturated heterocycles. The third-order valence-corrected chi connectivity index (χ3v) is 3.67. The molecule has 0 spiro atoms. The van der Waals surface area contributed by atoms with Crippen LogP contribution in [0, 0.1) is 5.82 Å². The van der Waals surface area contributed by atoms with Crippen molar-refractivity contribution in [2.45, 2.75) is 11.3 Å². The number of ether oxygens (including phenoxy) is 1. The zero-order valence-corrected chi connectivity index (χ0v) is 10.5. The first-order chi connectivity index (χ1) is 8.38. The van der Waals surface area contributed by atoms with Crippen molar-refractivity contribution in [1.82, 2.24) is 4.72 Å². The summed E-state index contributed by atoms with van der Waals surface area (Å²) < 4.78 is 43.3. The topological polar surface area (TPSA) is 98.5 Å². The van der Waals surface area contributed by atoms with Crippen LogP contribution in [0.2, 0.25) is 0 Å². The van der Waals surface area contributed by atoms with Crippen molar-refractivity contribution in [2.75, 3.05) is 19.4 Å². The monoisotopic (exact) mass is 276 g/mol. The van der Waals surface area contributed by atoms with E-state index in [-0.39, 0.29) is 18.7 Å². The minimum atomic E-state index is -4.08. The lowest BCUT2D eigenvalue weighted by atomic mass is 10.3. The third-order valence-electron chi connectivity index (χ3n) is 2.12. The Labute approximate surface area is 104 Å². The van der Waals surface area contributed by atoms with Gasteiger partial charge >= 0.3 is 5.97 Å². The fraction of sp³-hybridized carbons (Fsp3) is 0.300. The molecule has 0 aliphatic rings. The van der Waals surface area contributed by atoms with Crippen LogP contribution in [0.3, 0.4) is 0 Å². The second-order valence-corrected chi connectivity index (χ2v) is 5.09. The van der Waals surface area contributed by atoms with Gasteiger partial charge in [0.1, 0.15) is 10.7 Å². The van der Waals surface area contributed by atoms with Crippen molar-refractivity contribution in [3.8, 4) is 0 Å². The maximum atomic E-state index is 13.4. The quantitative estimate of drug-likeness (QED) is 0.593. The molecule has 8 heteroatoms. The second-order valence-electron chi connectivity index (χ2n) is 3.38. The number of nitrogens with one attached hydrogen (secondary N) is 1. The van der Waals surface area contributed by atoms with E-state index in [4.69, 9.17) is 5.73 Å². The number of methoxy groups -OCH3 is 1. The number of hydrogen-bond acceptors (Lipinski definition) is 5. The highest BCUT2D eigenvalue weighted by molar-refractivity contribution is 7.89. The van der Waals surface area contributed by atoms with E-state index in [0.717, 1.165) is 6.07 Å². The lowest BCUT2D eigenvalue weighted by Crippen LogP contribution is -2.28. The number of benzene rings is 1. The molecule has 100 valence electrons. The summed E-state index contributed by atoms with van der Waals surface area (Å²) in [6, 6.07) is 3.57. The van der Waals surface area contributed by atoms with E-state index >= 15 is 0 Å². The van der Waals surface area contributed by atoms with Crippen molar-refractivity contribution in [1.29, 1.82) is 0 Å². The molecule has 0 aliphatic heterocycles. The smallest absolute Gasteiger partial charge is 0.306 e. The highest BCUT2D eigenvalue weighted by atomic mass is 32.2. The molecule has 6 nitrogen and oxygen atoms in total. The predicted molar refractivity (Wildman–Crippen MR) is 62.6 cm³/mol. The molecular weight excluding hydrogens is 263 g/mol. The number of anilines is 1. The summed E-state index contributed by atoms with van der Waals surface area (Å²) in [6.45, 7) is -0.192. The van der Waals surface area contributed by atoms with Crippen molar-refractivity contribution < 1.29 is 22.3 Å². The largest absolute Gasteiger partial charge is 0.469 e.